The van der Waals surface area contributed by atoms with Gasteiger partial charge in [0.1, 0.15) is 0 Å². The third-order valence-corrected chi connectivity index (χ3v) is 2.18. The fourth-order valence-electron chi connectivity index (χ4n) is 1.27. The van der Waals surface area contributed by atoms with E-state index in [-0.39, 0.29) is 12.0 Å². The maximum atomic E-state index is 13.6. The van der Waals surface area contributed by atoms with Crippen LogP contribution in [0.1, 0.15) is 12.0 Å². The third-order valence-electron chi connectivity index (χ3n) is 2.18. The largest absolute Gasteiger partial charge is 0.399 e. The molecule has 0 aliphatic heterocycles. The Morgan fingerprint density at radius 2 is 2.00 bits per heavy atom. The number of alkyl halides is 2. The molecule has 1 aromatic rings. The maximum Gasteiger partial charge on any atom is 0.274 e. The summed E-state index contributed by atoms with van der Waals surface area (Å²) in [4.78, 5) is 1.74. The van der Waals surface area contributed by atoms with Crippen molar-refractivity contribution in [2.75, 3.05) is 26.4 Å². The average Bonchev–Trinajstić information content (AvgIpc) is 2.15. The molecular weight excluding hydrogens is 198 g/mol. The van der Waals surface area contributed by atoms with Gasteiger partial charge >= 0.3 is 0 Å². The van der Waals surface area contributed by atoms with Gasteiger partial charge in [0.25, 0.3) is 5.92 Å². The lowest BCUT2D eigenvalue weighted by Gasteiger charge is -2.19. The van der Waals surface area contributed by atoms with Crippen molar-refractivity contribution in [1.82, 2.24) is 4.90 Å². The molecule has 84 valence electrons. The lowest BCUT2D eigenvalue weighted by atomic mass is 10.0. The number of hydrogen-bond donors (Lipinski definition) is 1. The molecule has 0 unspecified atom stereocenters. The Balaban J connectivity index is 2.76. The summed E-state index contributed by atoms with van der Waals surface area (Å²) in [5.74, 6) is -2.81. The third kappa shape index (κ3) is 3.47. The van der Waals surface area contributed by atoms with E-state index in [9.17, 15) is 8.78 Å². The number of nitrogens with zero attached hydrogens (tertiary/aromatic N) is 1. The molecule has 0 radical (unpaired) electrons. The number of anilines is 1. The molecular formula is C11H16F2N2. The highest BCUT2D eigenvalue weighted by Crippen LogP contribution is 2.32. The average molecular weight is 214 g/mol. The Kier molecular flexibility index (Phi) is 3.63. The van der Waals surface area contributed by atoms with Gasteiger partial charge in [-0.05, 0) is 26.2 Å². The van der Waals surface area contributed by atoms with Gasteiger partial charge in [-0.15, -0.1) is 0 Å². The molecule has 0 fully saturated rings. The summed E-state index contributed by atoms with van der Waals surface area (Å²) in [7, 11) is 3.55. The van der Waals surface area contributed by atoms with Gasteiger partial charge in [-0.25, -0.2) is 8.78 Å². The van der Waals surface area contributed by atoms with Crippen molar-refractivity contribution < 1.29 is 8.78 Å². The lowest BCUT2D eigenvalue weighted by molar-refractivity contribution is -0.0187. The van der Waals surface area contributed by atoms with E-state index in [0.717, 1.165) is 0 Å². The number of halogens is 2. The second kappa shape index (κ2) is 4.57. The molecule has 0 amide bonds. The quantitative estimate of drug-likeness (QED) is 0.779. The Labute approximate surface area is 88.7 Å². The SMILES string of the molecule is CN(C)CCC(F)(F)c1cccc(N)c1. The predicted octanol–water partition coefficient (Wildman–Crippen LogP) is 2.31. The van der Waals surface area contributed by atoms with E-state index in [0.29, 0.717) is 12.2 Å². The van der Waals surface area contributed by atoms with Gasteiger partial charge in [-0.2, -0.15) is 0 Å². The summed E-state index contributed by atoms with van der Waals surface area (Å²) in [6.45, 7) is 0.349. The molecule has 4 heteroatoms. The zero-order valence-electron chi connectivity index (χ0n) is 9.00. The molecule has 0 aliphatic rings. The number of nitrogens with two attached hydrogens (primary N) is 1. The Bertz CT molecular complexity index is 324. The summed E-state index contributed by atoms with van der Waals surface area (Å²) < 4.78 is 27.2. The van der Waals surface area contributed by atoms with Gasteiger partial charge in [0.05, 0.1) is 0 Å². The van der Waals surface area contributed by atoms with Crippen molar-refractivity contribution in [3.8, 4) is 0 Å². The number of benzene rings is 1. The van der Waals surface area contributed by atoms with Crippen molar-refractivity contribution in [1.29, 1.82) is 0 Å². The Hall–Kier alpha value is -1.16. The minimum atomic E-state index is -2.81. The predicted molar refractivity (Wildman–Crippen MR) is 57.9 cm³/mol. The van der Waals surface area contributed by atoms with E-state index in [2.05, 4.69) is 0 Å². The van der Waals surface area contributed by atoms with Gasteiger partial charge in [-0.1, -0.05) is 12.1 Å². The van der Waals surface area contributed by atoms with Crippen molar-refractivity contribution in [3.63, 3.8) is 0 Å². The van der Waals surface area contributed by atoms with E-state index in [4.69, 9.17) is 5.73 Å². The monoisotopic (exact) mass is 214 g/mol. The van der Waals surface area contributed by atoms with Crippen LogP contribution in [0.4, 0.5) is 14.5 Å². The van der Waals surface area contributed by atoms with E-state index >= 15 is 0 Å². The number of rotatable bonds is 4. The van der Waals surface area contributed by atoms with Crippen LogP contribution >= 0.6 is 0 Å². The van der Waals surface area contributed by atoms with Crippen LogP contribution in [0.5, 0.6) is 0 Å². The van der Waals surface area contributed by atoms with Crippen LogP contribution in [0.2, 0.25) is 0 Å². The van der Waals surface area contributed by atoms with Gasteiger partial charge in [0.2, 0.25) is 0 Å². The van der Waals surface area contributed by atoms with Gasteiger partial charge < -0.3 is 10.6 Å². The summed E-state index contributed by atoms with van der Waals surface area (Å²) in [6, 6.07) is 5.89. The minimum Gasteiger partial charge on any atom is -0.399 e. The molecule has 2 N–H and O–H groups in total. The first kappa shape index (κ1) is 11.9. The fourth-order valence-corrected chi connectivity index (χ4v) is 1.27. The van der Waals surface area contributed by atoms with Gasteiger partial charge in [0.15, 0.2) is 0 Å². The molecule has 0 atom stereocenters. The van der Waals surface area contributed by atoms with Crippen molar-refractivity contribution >= 4 is 5.69 Å². The number of hydrogen-bond acceptors (Lipinski definition) is 2. The van der Waals surface area contributed by atoms with Crippen LogP contribution < -0.4 is 5.73 Å². The lowest BCUT2D eigenvalue weighted by Crippen LogP contribution is -2.22. The first-order valence-corrected chi connectivity index (χ1v) is 4.80. The fraction of sp³-hybridized carbons (Fsp3) is 0.455. The van der Waals surface area contributed by atoms with Crippen LogP contribution in [0, 0.1) is 0 Å². The van der Waals surface area contributed by atoms with Gasteiger partial charge in [0, 0.05) is 24.2 Å². The zero-order valence-corrected chi connectivity index (χ0v) is 9.00. The molecule has 0 spiro atoms. The molecule has 0 aromatic heterocycles. The topological polar surface area (TPSA) is 29.3 Å². The molecule has 1 aromatic carbocycles. The summed E-state index contributed by atoms with van der Waals surface area (Å²) in [6.07, 6.45) is -0.191. The highest BCUT2D eigenvalue weighted by molar-refractivity contribution is 5.42. The van der Waals surface area contributed by atoms with Crippen LogP contribution in [-0.4, -0.2) is 25.5 Å². The van der Waals surface area contributed by atoms with E-state index in [1.807, 2.05) is 0 Å². The molecule has 0 saturated heterocycles. The Morgan fingerprint density at radius 3 is 2.53 bits per heavy atom. The van der Waals surface area contributed by atoms with Crippen LogP contribution in [0.25, 0.3) is 0 Å². The Morgan fingerprint density at radius 1 is 1.33 bits per heavy atom. The molecule has 2 nitrogen and oxygen atoms in total. The van der Waals surface area contributed by atoms with Crippen molar-refractivity contribution in [2.45, 2.75) is 12.3 Å². The smallest absolute Gasteiger partial charge is 0.274 e. The highest BCUT2D eigenvalue weighted by Gasteiger charge is 2.31. The summed E-state index contributed by atoms with van der Waals surface area (Å²) in [5.41, 5.74) is 5.83. The van der Waals surface area contributed by atoms with Crippen molar-refractivity contribution in [3.05, 3.63) is 29.8 Å². The summed E-state index contributed by atoms with van der Waals surface area (Å²) >= 11 is 0. The van der Waals surface area contributed by atoms with E-state index in [1.54, 1.807) is 31.1 Å². The van der Waals surface area contributed by atoms with Crippen LogP contribution in [-0.2, 0) is 5.92 Å². The second-order valence-electron chi connectivity index (χ2n) is 3.88. The molecule has 0 bridgehead atoms. The van der Waals surface area contributed by atoms with Crippen LogP contribution in [0.3, 0.4) is 0 Å². The van der Waals surface area contributed by atoms with Crippen LogP contribution in [0.15, 0.2) is 24.3 Å². The summed E-state index contributed by atoms with van der Waals surface area (Å²) in [5, 5.41) is 0. The molecule has 1 rings (SSSR count). The first-order valence-electron chi connectivity index (χ1n) is 4.80. The molecule has 0 heterocycles. The maximum absolute atomic E-state index is 13.6. The van der Waals surface area contributed by atoms with E-state index in [1.165, 1.54) is 12.1 Å². The minimum absolute atomic E-state index is 0.00986. The highest BCUT2D eigenvalue weighted by atomic mass is 19.3. The molecule has 0 saturated carbocycles. The normalized spacial score (nSPS) is 12.1. The number of nitrogen functional groups attached to an aromatic ring is 1. The molecule has 0 aliphatic carbocycles. The zero-order chi connectivity index (χ0) is 11.5. The standard InChI is InChI=1S/C11H16F2N2/c1-15(2)7-6-11(12,13)9-4-3-5-10(14)8-9/h3-5,8H,6-7,14H2,1-2H3. The van der Waals surface area contributed by atoms with Crippen molar-refractivity contribution in [2.24, 2.45) is 0 Å². The van der Waals surface area contributed by atoms with Gasteiger partial charge in [-0.3, -0.25) is 0 Å². The molecule has 15 heavy (non-hydrogen) atoms. The van der Waals surface area contributed by atoms with E-state index < -0.39 is 5.92 Å². The second-order valence-corrected chi connectivity index (χ2v) is 3.88. The first-order chi connectivity index (χ1) is 6.92.